The van der Waals surface area contributed by atoms with E-state index in [9.17, 15) is 18.0 Å². The number of fused-ring (bicyclic) bond motifs is 1. The number of hydrogen-bond acceptors (Lipinski definition) is 2. The molecule has 20 heavy (non-hydrogen) atoms. The number of allylic oxidation sites excluding steroid dienone is 2. The zero-order valence-electron chi connectivity index (χ0n) is 10.2. The molecule has 0 saturated heterocycles. The van der Waals surface area contributed by atoms with Crippen LogP contribution in [0, 0.1) is 29.3 Å². The van der Waals surface area contributed by atoms with E-state index in [4.69, 9.17) is 5.11 Å². The maximum atomic E-state index is 14.0. The van der Waals surface area contributed by atoms with Crippen molar-refractivity contribution in [2.24, 2.45) is 11.8 Å². The third-order valence-electron chi connectivity index (χ3n) is 4.09. The van der Waals surface area contributed by atoms with E-state index in [1.165, 1.54) is 0 Å². The third-order valence-corrected chi connectivity index (χ3v) is 4.90. The number of rotatable bonds is 1. The van der Waals surface area contributed by atoms with Gasteiger partial charge in [-0.2, -0.15) is 4.39 Å². The van der Waals surface area contributed by atoms with Crippen LogP contribution < -0.4 is 0 Å². The Morgan fingerprint density at radius 1 is 1.15 bits per heavy atom. The normalized spacial score (nSPS) is 25.5. The summed E-state index contributed by atoms with van der Waals surface area (Å²) < 4.78 is 41.6. The molecule has 3 rings (SSSR count). The molecule has 0 heterocycles. The summed E-state index contributed by atoms with van der Waals surface area (Å²) in [4.78, 5) is 12.1. The number of Topliss-reactive ketones (excluding diaryl/α,β-unsaturated/α-hetero) is 1. The van der Waals surface area contributed by atoms with Gasteiger partial charge in [0.2, 0.25) is 5.82 Å². The summed E-state index contributed by atoms with van der Waals surface area (Å²) in [5.74, 6) is -5.84. The number of halogens is 4. The van der Waals surface area contributed by atoms with Crippen molar-refractivity contribution in [1.29, 1.82) is 0 Å². The number of phenols is 1. The van der Waals surface area contributed by atoms with Crippen molar-refractivity contribution in [2.75, 3.05) is 0 Å². The van der Waals surface area contributed by atoms with E-state index >= 15 is 0 Å². The molecule has 106 valence electrons. The molecule has 0 bridgehead atoms. The van der Waals surface area contributed by atoms with Crippen LogP contribution in [0.1, 0.15) is 24.8 Å². The van der Waals surface area contributed by atoms with Gasteiger partial charge in [0.15, 0.2) is 17.3 Å². The molecule has 1 N–H and O–H groups in total. The average Bonchev–Trinajstić information content (AvgIpc) is 2.95. The zero-order chi connectivity index (χ0) is 14.6. The predicted octanol–water partition coefficient (Wildman–Crippen LogP) is 3.91. The Labute approximate surface area is 121 Å². The van der Waals surface area contributed by atoms with Crippen molar-refractivity contribution < 1.29 is 23.1 Å². The van der Waals surface area contributed by atoms with Crippen molar-refractivity contribution in [3.63, 3.8) is 0 Å². The summed E-state index contributed by atoms with van der Waals surface area (Å²) in [5, 5.41) is 9.10. The van der Waals surface area contributed by atoms with Crippen molar-refractivity contribution in [2.45, 2.75) is 19.3 Å². The summed E-state index contributed by atoms with van der Waals surface area (Å²) in [5.41, 5.74) is -0.360. The first kappa shape index (κ1) is 13.7. The molecular weight excluding hydrogens is 337 g/mol. The summed E-state index contributed by atoms with van der Waals surface area (Å²) in [6.07, 6.45) is 2.11. The van der Waals surface area contributed by atoms with E-state index in [0.717, 1.165) is 6.42 Å². The Bertz CT molecular complexity index is 654. The lowest BCUT2D eigenvalue weighted by Crippen LogP contribution is -2.11. The molecule has 2 nitrogen and oxygen atoms in total. The molecule has 1 fully saturated rings. The Morgan fingerprint density at radius 2 is 1.80 bits per heavy atom. The maximum Gasteiger partial charge on any atom is 0.201 e. The van der Waals surface area contributed by atoms with E-state index in [1.54, 1.807) is 0 Å². The largest absolute Gasteiger partial charge is 0.505 e. The highest BCUT2D eigenvalue weighted by Gasteiger charge is 2.45. The van der Waals surface area contributed by atoms with Crippen molar-refractivity contribution in [3.05, 3.63) is 33.6 Å². The first-order valence-corrected chi connectivity index (χ1v) is 7.03. The molecule has 2 aliphatic rings. The SMILES string of the molecule is O=C1C(Br)=C(c2c(F)cc(O)c(F)c2F)C2CCCC12. The molecule has 0 amide bonds. The fourth-order valence-electron chi connectivity index (χ4n) is 3.20. The summed E-state index contributed by atoms with van der Waals surface area (Å²) in [7, 11) is 0. The number of ketones is 1. The maximum absolute atomic E-state index is 14.0. The molecule has 2 unspecified atom stereocenters. The molecule has 1 aromatic rings. The number of benzene rings is 1. The van der Waals surface area contributed by atoms with Gasteiger partial charge >= 0.3 is 0 Å². The Hall–Kier alpha value is -1.30. The van der Waals surface area contributed by atoms with E-state index < -0.39 is 28.8 Å². The summed E-state index contributed by atoms with van der Waals surface area (Å²) in [6, 6.07) is 0.535. The van der Waals surface area contributed by atoms with Crippen LogP contribution in [0.25, 0.3) is 5.57 Å². The van der Waals surface area contributed by atoms with Crippen LogP contribution in [0.3, 0.4) is 0 Å². The first-order chi connectivity index (χ1) is 9.43. The summed E-state index contributed by atoms with van der Waals surface area (Å²) in [6.45, 7) is 0. The molecule has 2 aliphatic carbocycles. The highest BCUT2D eigenvalue weighted by atomic mass is 79.9. The van der Waals surface area contributed by atoms with Crippen LogP contribution in [0.2, 0.25) is 0 Å². The van der Waals surface area contributed by atoms with Crippen molar-refractivity contribution in [1.82, 2.24) is 0 Å². The van der Waals surface area contributed by atoms with Crippen LogP contribution in [0.15, 0.2) is 10.5 Å². The number of aromatic hydroxyl groups is 1. The number of hydrogen-bond donors (Lipinski definition) is 1. The van der Waals surface area contributed by atoms with Gasteiger partial charge in [0.1, 0.15) is 5.82 Å². The minimum absolute atomic E-state index is 0.120. The lowest BCUT2D eigenvalue weighted by Gasteiger charge is -2.15. The molecule has 0 radical (unpaired) electrons. The highest BCUT2D eigenvalue weighted by Crippen LogP contribution is 2.52. The second-order valence-electron chi connectivity index (χ2n) is 5.12. The number of carbonyl (C=O) groups is 1. The Kier molecular flexibility index (Phi) is 3.16. The van der Waals surface area contributed by atoms with Crippen LogP contribution in [0.5, 0.6) is 5.75 Å². The minimum Gasteiger partial charge on any atom is -0.505 e. The minimum atomic E-state index is -1.50. The fraction of sp³-hybridized carbons (Fsp3) is 0.357. The van der Waals surface area contributed by atoms with Gasteiger partial charge in [-0.1, -0.05) is 6.42 Å². The van der Waals surface area contributed by atoms with Gasteiger partial charge in [0, 0.05) is 12.0 Å². The molecule has 6 heteroatoms. The Morgan fingerprint density at radius 3 is 2.50 bits per heavy atom. The fourth-order valence-corrected chi connectivity index (χ4v) is 3.99. The molecule has 2 atom stereocenters. The standard InChI is InChI=1S/C14H10BrF3O2/c15-11-9(5-2-1-3-6(5)14(11)20)10-7(16)4-8(19)12(17)13(10)18/h4-6,19H,1-3H2. The van der Waals surface area contributed by atoms with E-state index in [-0.39, 0.29) is 27.7 Å². The lowest BCUT2D eigenvalue weighted by molar-refractivity contribution is -0.118. The quantitative estimate of drug-likeness (QED) is 0.782. The molecule has 1 aromatic carbocycles. The van der Waals surface area contributed by atoms with Gasteiger partial charge < -0.3 is 5.11 Å². The monoisotopic (exact) mass is 346 g/mol. The third kappa shape index (κ3) is 1.74. The first-order valence-electron chi connectivity index (χ1n) is 6.24. The van der Waals surface area contributed by atoms with Gasteiger partial charge in [-0.25, -0.2) is 8.78 Å². The Balaban J connectivity index is 2.23. The molecule has 0 aromatic heterocycles. The van der Waals surface area contributed by atoms with Gasteiger partial charge in [-0.05, 0) is 40.3 Å². The van der Waals surface area contributed by atoms with Gasteiger partial charge in [0.05, 0.1) is 10.0 Å². The van der Waals surface area contributed by atoms with Gasteiger partial charge in [0.25, 0.3) is 0 Å². The smallest absolute Gasteiger partial charge is 0.201 e. The summed E-state index contributed by atoms with van der Waals surface area (Å²) >= 11 is 3.09. The van der Waals surface area contributed by atoms with E-state index in [1.807, 2.05) is 0 Å². The van der Waals surface area contributed by atoms with Crippen molar-refractivity contribution >= 4 is 27.3 Å². The van der Waals surface area contributed by atoms with Crippen molar-refractivity contribution in [3.8, 4) is 5.75 Å². The lowest BCUT2D eigenvalue weighted by atomic mass is 9.89. The van der Waals surface area contributed by atoms with Gasteiger partial charge in [-0.3, -0.25) is 4.79 Å². The van der Waals surface area contributed by atoms with E-state index in [2.05, 4.69) is 15.9 Å². The average molecular weight is 347 g/mol. The van der Waals surface area contributed by atoms with Crippen LogP contribution in [-0.2, 0) is 4.79 Å². The molecule has 0 aliphatic heterocycles. The molecule has 0 spiro atoms. The second kappa shape index (κ2) is 4.62. The number of phenolic OH excluding ortho intramolecular Hbond substituents is 1. The molecular formula is C14H10BrF3O2. The van der Waals surface area contributed by atoms with Crippen LogP contribution >= 0.6 is 15.9 Å². The predicted molar refractivity (Wildman–Crippen MR) is 69.7 cm³/mol. The van der Waals surface area contributed by atoms with Gasteiger partial charge in [-0.15, -0.1) is 0 Å². The zero-order valence-corrected chi connectivity index (χ0v) is 11.8. The van der Waals surface area contributed by atoms with E-state index in [0.29, 0.717) is 18.9 Å². The van der Waals surface area contributed by atoms with Crippen LogP contribution in [-0.4, -0.2) is 10.9 Å². The number of carbonyl (C=O) groups excluding carboxylic acids is 1. The second-order valence-corrected chi connectivity index (χ2v) is 5.91. The molecule has 1 saturated carbocycles. The van der Waals surface area contributed by atoms with Crippen LogP contribution in [0.4, 0.5) is 13.2 Å². The highest BCUT2D eigenvalue weighted by molar-refractivity contribution is 9.12. The topological polar surface area (TPSA) is 37.3 Å².